The third kappa shape index (κ3) is 5.05. The smallest absolute Gasteiger partial charge is 0.347 e. The summed E-state index contributed by atoms with van der Waals surface area (Å²) in [6.45, 7) is 5.01. The molecule has 1 atom stereocenters. The van der Waals surface area contributed by atoms with Crippen LogP contribution >= 0.6 is 0 Å². The lowest BCUT2D eigenvalue weighted by Gasteiger charge is -2.19. The molecule has 0 amide bonds. The molecule has 21 heavy (non-hydrogen) atoms. The number of rotatable bonds is 9. The van der Waals surface area contributed by atoms with Gasteiger partial charge in [-0.25, -0.2) is 4.79 Å². The Morgan fingerprint density at radius 2 is 2.10 bits per heavy atom. The van der Waals surface area contributed by atoms with Gasteiger partial charge in [-0.05, 0) is 32.3 Å². The number of hydrogen-bond acceptors (Lipinski definition) is 4. The second-order valence-electron chi connectivity index (χ2n) is 5.41. The molecule has 4 nitrogen and oxygen atoms in total. The van der Waals surface area contributed by atoms with Crippen LogP contribution in [0.1, 0.15) is 45.1 Å². The van der Waals surface area contributed by atoms with E-state index in [-0.39, 0.29) is 5.97 Å². The standard InChI is InChI=1S/C17H25NO3/c1-3-7-16(17(19)20-4-2)21-15-9-6-5-8-13(15)12-18-14-10-11-14/h5-6,8-9,14,16,18H,3-4,7,10-12H2,1-2H3. The second-order valence-corrected chi connectivity index (χ2v) is 5.41. The van der Waals surface area contributed by atoms with Crippen molar-refractivity contribution < 1.29 is 14.3 Å². The average Bonchev–Trinajstić information content (AvgIpc) is 3.30. The highest BCUT2D eigenvalue weighted by Gasteiger charge is 2.23. The van der Waals surface area contributed by atoms with Gasteiger partial charge in [-0.1, -0.05) is 31.5 Å². The minimum atomic E-state index is -0.517. The number of benzene rings is 1. The first-order chi connectivity index (χ1) is 10.2. The van der Waals surface area contributed by atoms with Gasteiger partial charge in [0.15, 0.2) is 6.10 Å². The molecule has 1 aromatic rings. The summed E-state index contributed by atoms with van der Waals surface area (Å²) in [6.07, 6.45) is 3.54. The van der Waals surface area contributed by atoms with E-state index in [0.717, 1.165) is 24.3 Å². The first-order valence-electron chi connectivity index (χ1n) is 7.89. The van der Waals surface area contributed by atoms with Crippen LogP contribution in [0.3, 0.4) is 0 Å². The maximum atomic E-state index is 12.0. The molecule has 0 bridgehead atoms. The van der Waals surface area contributed by atoms with Crippen LogP contribution in [0.2, 0.25) is 0 Å². The number of para-hydroxylation sites is 1. The van der Waals surface area contributed by atoms with Gasteiger partial charge in [-0.15, -0.1) is 0 Å². The molecule has 1 unspecified atom stereocenters. The first kappa shape index (κ1) is 15.8. The zero-order valence-electron chi connectivity index (χ0n) is 12.9. The molecular formula is C17H25NO3. The Balaban J connectivity index is 2.02. The van der Waals surface area contributed by atoms with E-state index < -0.39 is 6.10 Å². The van der Waals surface area contributed by atoms with E-state index in [1.165, 1.54) is 12.8 Å². The summed E-state index contributed by atoms with van der Waals surface area (Å²) in [4.78, 5) is 12.0. The van der Waals surface area contributed by atoms with E-state index in [9.17, 15) is 4.79 Å². The number of carbonyl (C=O) groups excluding carboxylic acids is 1. The van der Waals surface area contributed by atoms with Gasteiger partial charge in [-0.3, -0.25) is 0 Å². The summed E-state index contributed by atoms with van der Waals surface area (Å²) in [5, 5.41) is 3.48. The Morgan fingerprint density at radius 1 is 1.33 bits per heavy atom. The number of nitrogens with one attached hydrogen (secondary N) is 1. The number of esters is 1. The fourth-order valence-corrected chi connectivity index (χ4v) is 2.18. The first-order valence-corrected chi connectivity index (χ1v) is 7.89. The summed E-state index contributed by atoms with van der Waals surface area (Å²) >= 11 is 0. The Hall–Kier alpha value is -1.55. The minimum absolute atomic E-state index is 0.274. The van der Waals surface area contributed by atoms with Crippen LogP contribution in [0, 0.1) is 0 Å². The zero-order chi connectivity index (χ0) is 15.1. The molecule has 0 aromatic heterocycles. The van der Waals surface area contributed by atoms with E-state index >= 15 is 0 Å². The summed E-state index contributed by atoms with van der Waals surface area (Å²) in [5.74, 6) is 0.501. The van der Waals surface area contributed by atoms with Crippen LogP contribution in [0.4, 0.5) is 0 Å². The summed E-state index contributed by atoms with van der Waals surface area (Å²) < 4.78 is 11.0. The quantitative estimate of drug-likeness (QED) is 0.710. The lowest BCUT2D eigenvalue weighted by molar-refractivity contribution is -0.151. The van der Waals surface area contributed by atoms with Gasteiger partial charge >= 0.3 is 5.97 Å². The molecule has 0 heterocycles. The lowest BCUT2D eigenvalue weighted by atomic mass is 10.1. The molecule has 0 saturated heterocycles. The van der Waals surface area contributed by atoms with Crippen molar-refractivity contribution in [3.8, 4) is 5.75 Å². The molecule has 116 valence electrons. The fourth-order valence-electron chi connectivity index (χ4n) is 2.18. The van der Waals surface area contributed by atoms with Crippen LogP contribution in [0.5, 0.6) is 5.75 Å². The Morgan fingerprint density at radius 3 is 2.76 bits per heavy atom. The SMILES string of the molecule is CCCC(Oc1ccccc1CNC1CC1)C(=O)OCC. The molecule has 2 rings (SSSR count). The van der Waals surface area contributed by atoms with Gasteiger partial charge in [0.05, 0.1) is 6.61 Å². The van der Waals surface area contributed by atoms with Gasteiger partial charge in [0.2, 0.25) is 0 Å². The largest absolute Gasteiger partial charge is 0.478 e. The van der Waals surface area contributed by atoms with Crippen LogP contribution in [0.15, 0.2) is 24.3 Å². The lowest BCUT2D eigenvalue weighted by Crippen LogP contribution is -2.30. The predicted octanol–water partition coefficient (Wildman–Crippen LogP) is 3.05. The van der Waals surface area contributed by atoms with Crippen molar-refractivity contribution >= 4 is 5.97 Å². The van der Waals surface area contributed by atoms with Crippen molar-refractivity contribution in [2.75, 3.05) is 6.61 Å². The molecule has 1 aliphatic rings. The predicted molar refractivity (Wildman–Crippen MR) is 82.3 cm³/mol. The molecule has 1 aliphatic carbocycles. The maximum absolute atomic E-state index is 12.0. The molecular weight excluding hydrogens is 266 g/mol. The number of hydrogen-bond donors (Lipinski definition) is 1. The van der Waals surface area contributed by atoms with Crippen molar-refractivity contribution in [2.45, 2.75) is 58.2 Å². The highest BCUT2D eigenvalue weighted by Crippen LogP contribution is 2.24. The molecule has 1 N–H and O–H groups in total. The van der Waals surface area contributed by atoms with Crippen molar-refractivity contribution in [3.63, 3.8) is 0 Å². The summed E-state index contributed by atoms with van der Waals surface area (Å²) in [5.41, 5.74) is 1.09. The highest BCUT2D eigenvalue weighted by molar-refractivity contribution is 5.75. The molecule has 4 heteroatoms. The van der Waals surface area contributed by atoms with Crippen molar-refractivity contribution in [3.05, 3.63) is 29.8 Å². The molecule has 1 aromatic carbocycles. The van der Waals surface area contributed by atoms with E-state index in [1.54, 1.807) is 0 Å². The molecule has 1 fully saturated rings. The Bertz CT molecular complexity index is 457. The Labute approximate surface area is 126 Å². The Kier molecular flexibility index (Phi) is 6.05. The summed E-state index contributed by atoms with van der Waals surface area (Å²) in [6, 6.07) is 8.54. The van der Waals surface area contributed by atoms with E-state index in [4.69, 9.17) is 9.47 Å². The van der Waals surface area contributed by atoms with E-state index in [1.807, 2.05) is 38.1 Å². The van der Waals surface area contributed by atoms with Gasteiger partial charge in [0.25, 0.3) is 0 Å². The van der Waals surface area contributed by atoms with Gasteiger partial charge < -0.3 is 14.8 Å². The molecule has 0 aliphatic heterocycles. The van der Waals surface area contributed by atoms with E-state index in [2.05, 4.69) is 5.32 Å². The van der Waals surface area contributed by atoms with Gasteiger partial charge in [-0.2, -0.15) is 0 Å². The zero-order valence-corrected chi connectivity index (χ0v) is 12.9. The molecule has 1 saturated carbocycles. The van der Waals surface area contributed by atoms with Crippen molar-refractivity contribution in [1.29, 1.82) is 0 Å². The average molecular weight is 291 g/mol. The van der Waals surface area contributed by atoms with Crippen LogP contribution < -0.4 is 10.1 Å². The third-order valence-electron chi connectivity index (χ3n) is 3.50. The fraction of sp³-hybridized carbons (Fsp3) is 0.588. The van der Waals surface area contributed by atoms with Gasteiger partial charge in [0.1, 0.15) is 5.75 Å². The van der Waals surface area contributed by atoms with Crippen LogP contribution in [-0.2, 0) is 16.1 Å². The number of ether oxygens (including phenoxy) is 2. The summed E-state index contributed by atoms with van der Waals surface area (Å²) in [7, 11) is 0. The van der Waals surface area contributed by atoms with E-state index in [0.29, 0.717) is 19.1 Å². The topological polar surface area (TPSA) is 47.6 Å². The minimum Gasteiger partial charge on any atom is -0.478 e. The van der Waals surface area contributed by atoms with Crippen molar-refractivity contribution in [2.24, 2.45) is 0 Å². The third-order valence-corrected chi connectivity index (χ3v) is 3.50. The van der Waals surface area contributed by atoms with Crippen LogP contribution in [-0.4, -0.2) is 24.7 Å². The number of carbonyl (C=O) groups is 1. The monoisotopic (exact) mass is 291 g/mol. The van der Waals surface area contributed by atoms with Gasteiger partial charge in [0, 0.05) is 18.2 Å². The maximum Gasteiger partial charge on any atom is 0.347 e. The highest BCUT2D eigenvalue weighted by atomic mass is 16.6. The van der Waals surface area contributed by atoms with Crippen LogP contribution in [0.25, 0.3) is 0 Å². The molecule has 0 spiro atoms. The second kappa shape index (κ2) is 8.03. The molecule has 0 radical (unpaired) electrons. The van der Waals surface area contributed by atoms with Crippen molar-refractivity contribution in [1.82, 2.24) is 5.32 Å². The normalized spacial score (nSPS) is 15.5.